The summed E-state index contributed by atoms with van der Waals surface area (Å²) in [5, 5.41) is 4.23. The largest absolute Gasteiger partial charge is 0.495 e. The summed E-state index contributed by atoms with van der Waals surface area (Å²) in [6.45, 7) is 7.05. The van der Waals surface area contributed by atoms with Crippen molar-refractivity contribution in [3.05, 3.63) is 16.8 Å². The van der Waals surface area contributed by atoms with E-state index in [4.69, 9.17) is 9.31 Å². The predicted molar refractivity (Wildman–Crippen MR) is 74.1 cm³/mol. The molecule has 0 amide bonds. The van der Waals surface area contributed by atoms with Gasteiger partial charge in [-0.15, -0.1) is 0 Å². The van der Waals surface area contributed by atoms with Gasteiger partial charge in [-0.05, 0) is 53.2 Å². The SMILES string of the molecule is CC1(C)[C@@H]2CC[C@@H]3OB(c4ccsc4)O[C@]3(C)[C@@H]21. The molecule has 1 saturated heterocycles. The van der Waals surface area contributed by atoms with Crippen LogP contribution in [-0.4, -0.2) is 18.8 Å². The van der Waals surface area contributed by atoms with Crippen molar-refractivity contribution >= 4 is 23.9 Å². The summed E-state index contributed by atoms with van der Waals surface area (Å²) in [6, 6.07) is 2.12. The Bertz CT molecular complexity index is 472. The molecule has 96 valence electrons. The Morgan fingerprint density at radius 1 is 1.33 bits per heavy atom. The molecule has 0 N–H and O–H groups in total. The van der Waals surface area contributed by atoms with Crippen LogP contribution in [0.1, 0.15) is 33.6 Å². The van der Waals surface area contributed by atoms with Gasteiger partial charge in [0.25, 0.3) is 0 Å². The van der Waals surface area contributed by atoms with Crippen LogP contribution in [0.5, 0.6) is 0 Å². The highest BCUT2D eigenvalue weighted by atomic mass is 32.1. The number of fused-ring (bicyclic) bond motifs is 3. The lowest BCUT2D eigenvalue weighted by Gasteiger charge is -2.34. The van der Waals surface area contributed by atoms with Gasteiger partial charge in [0, 0.05) is 0 Å². The van der Waals surface area contributed by atoms with Crippen molar-refractivity contribution in [1.29, 1.82) is 0 Å². The second-order valence-electron chi connectivity index (χ2n) is 6.80. The molecule has 18 heavy (non-hydrogen) atoms. The summed E-state index contributed by atoms with van der Waals surface area (Å²) in [5.74, 6) is 1.51. The van der Waals surface area contributed by atoms with Gasteiger partial charge in [-0.3, -0.25) is 0 Å². The van der Waals surface area contributed by atoms with Crippen LogP contribution in [0.4, 0.5) is 0 Å². The minimum absolute atomic E-state index is 0.0704. The average molecular weight is 262 g/mol. The fourth-order valence-electron chi connectivity index (χ4n) is 4.55. The highest BCUT2D eigenvalue weighted by Crippen LogP contribution is 2.70. The van der Waals surface area contributed by atoms with Gasteiger partial charge in [-0.25, -0.2) is 0 Å². The molecule has 3 fully saturated rings. The van der Waals surface area contributed by atoms with Crippen molar-refractivity contribution in [2.45, 2.75) is 45.3 Å². The topological polar surface area (TPSA) is 18.5 Å². The van der Waals surface area contributed by atoms with Crippen LogP contribution in [0.25, 0.3) is 0 Å². The van der Waals surface area contributed by atoms with E-state index in [1.807, 2.05) is 0 Å². The van der Waals surface area contributed by atoms with Gasteiger partial charge in [0.05, 0.1) is 11.7 Å². The maximum atomic E-state index is 6.37. The van der Waals surface area contributed by atoms with Crippen LogP contribution in [0, 0.1) is 17.3 Å². The molecule has 0 spiro atoms. The van der Waals surface area contributed by atoms with Crippen molar-refractivity contribution in [3.8, 4) is 0 Å². The minimum Gasteiger partial charge on any atom is -0.401 e. The van der Waals surface area contributed by atoms with Crippen LogP contribution in [0.3, 0.4) is 0 Å². The summed E-state index contributed by atoms with van der Waals surface area (Å²) >= 11 is 1.71. The molecule has 2 heterocycles. The molecule has 1 aromatic rings. The molecule has 4 atom stereocenters. The third kappa shape index (κ3) is 1.32. The van der Waals surface area contributed by atoms with Crippen molar-refractivity contribution in [1.82, 2.24) is 0 Å². The molecule has 0 unspecified atom stereocenters. The first-order valence-electron chi connectivity index (χ1n) is 6.89. The zero-order valence-electron chi connectivity index (χ0n) is 11.2. The molecule has 4 heteroatoms. The molecular formula is C14H19BO2S. The van der Waals surface area contributed by atoms with E-state index >= 15 is 0 Å². The van der Waals surface area contributed by atoms with Gasteiger partial charge in [0.15, 0.2) is 0 Å². The molecule has 2 nitrogen and oxygen atoms in total. The Morgan fingerprint density at radius 2 is 2.17 bits per heavy atom. The highest BCUT2D eigenvalue weighted by molar-refractivity contribution is 7.09. The lowest BCUT2D eigenvalue weighted by Crippen LogP contribution is -2.43. The number of rotatable bonds is 1. The fourth-order valence-corrected chi connectivity index (χ4v) is 5.22. The molecule has 0 aromatic carbocycles. The van der Waals surface area contributed by atoms with Crippen LogP contribution < -0.4 is 5.46 Å². The summed E-state index contributed by atoms with van der Waals surface area (Å²) in [7, 11) is -0.138. The van der Waals surface area contributed by atoms with E-state index in [1.54, 1.807) is 11.3 Å². The molecule has 0 bridgehead atoms. The third-order valence-electron chi connectivity index (χ3n) is 5.51. The monoisotopic (exact) mass is 262 g/mol. The summed E-state index contributed by atoms with van der Waals surface area (Å²) in [4.78, 5) is 0. The van der Waals surface area contributed by atoms with E-state index in [2.05, 4.69) is 37.6 Å². The summed E-state index contributed by atoms with van der Waals surface area (Å²) in [6.07, 6.45) is 2.74. The molecule has 2 saturated carbocycles. The van der Waals surface area contributed by atoms with Crippen molar-refractivity contribution in [3.63, 3.8) is 0 Å². The molecule has 2 aliphatic carbocycles. The Hall–Kier alpha value is -0.315. The zero-order chi connectivity index (χ0) is 12.5. The Labute approximate surface area is 113 Å². The first-order chi connectivity index (χ1) is 8.53. The van der Waals surface area contributed by atoms with Crippen molar-refractivity contribution in [2.75, 3.05) is 0 Å². The second kappa shape index (κ2) is 3.41. The first-order valence-corrected chi connectivity index (χ1v) is 7.83. The average Bonchev–Trinajstić information content (AvgIpc) is 2.77. The number of hydrogen-bond donors (Lipinski definition) is 0. The zero-order valence-corrected chi connectivity index (χ0v) is 12.0. The lowest BCUT2D eigenvalue weighted by atomic mass is 9.81. The fraction of sp³-hybridized carbons (Fsp3) is 0.714. The first kappa shape index (κ1) is 11.5. The number of hydrogen-bond acceptors (Lipinski definition) is 3. The Balaban J connectivity index is 1.64. The summed E-state index contributed by atoms with van der Waals surface area (Å²) < 4.78 is 12.6. The van der Waals surface area contributed by atoms with Gasteiger partial charge in [-0.2, -0.15) is 11.3 Å². The standard InChI is InChI=1S/C14H19BO2S/c1-13(2)10-4-5-11-14(3,12(10)13)17-15(16-11)9-6-7-18-8-9/h6-8,10-12H,4-5H2,1-3H3/t10-,11+,12+,14+/m1/s1. The molecule has 3 aliphatic rings. The van der Waals surface area contributed by atoms with E-state index in [1.165, 1.54) is 11.9 Å². The molecule has 1 aromatic heterocycles. The second-order valence-corrected chi connectivity index (χ2v) is 7.58. The lowest BCUT2D eigenvalue weighted by molar-refractivity contribution is 0.000212. The van der Waals surface area contributed by atoms with Crippen LogP contribution in [0.2, 0.25) is 0 Å². The van der Waals surface area contributed by atoms with Gasteiger partial charge in [0.2, 0.25) is 0 Å². The number of thiophene rings is 1. The molecule has 1 aliphatic heterocycles. The minimum atomic E-state index is -0.138. The molecule has 4 rings (SSSR count). The maximum Gasteiger partial charge on any atom is 0.495 e. The van der Waals surface area contributed by atoms with E-state index in [0.717, 1.165) is 12.3 Å². The van der Waals surface area contributed by atoms with E-state index in [0.29, 0.717) is 11.3 Å². The quantitative estimate of drug-likeness (QED) is 0.724. The van der Waals surface area contributed by atoms with Gasteiger partial charge < -0.3 is 9.31 Å². The molecule has 0 radical (unpaired) electrons. The third-order valence-corrected chi connectivity index (χ3v) is 6.21. The smallest absolute Gasteiger partial charge is 0.401 e. The predicted octanol–water partition coefficient (Wildman–Crippen LogP) is 2.68. The Kier molecular flexibility index (Phi) is 2.18. The van der Waals surface area contributed by atoms with E-state index in [9.17, 15) is 0 Å². The van der Waals surface area contributed by atoms with Gasteiger partial charge in [0.1, 0.15) is 0 Å². The van der Waals surface area contributed by atoms with Crippen molar-refractivity contribution in [2.24, 2.45) is 17.3 Å². The maximum absolute atomic E-state index is 6.37. The van der Waals surface area contributed by atoms with Crippen LogP contribution >= 0.6 is 11.3 Å². The Morgan fingerprint density at radius 3 is 2.89 bits per heavy atom. The highest BCUT2D eigenvalue weighted by Gasteiger charge is 2.72. The molecular weight excluding hydrogens is 243 g/mol. The van der Waals surface area contributed by atoms with E-state index < -0.39 is 0 Å². The van der Waals surface area contributed by atoms with Gasteiger partial charge in [-0.1, -0.05) is 19.9 Å². The summed E-state index contributed by atoms with van der Waals surface area (Å²) in [5.41, 5.74) is 1.56. The van der Waals surface area contributed by atoms with Crippen molar-refractivity contribution < 1.29 is 9.31 Å². The van der Waals surface area contributed by atoms with Crippen LogP contribution in [-0.2, 0) is 9.31 Å². The van der Waals surface area contributed by atoms with Gasteiger partial charge >= 0.3 is 7.12 Å². The van der Waals surface area contributed by atoms with E-state index in [-0.39, 0.29) is 18.8 Å². The van der Waals surface area contributed by atoms with Crippen LogP contribution in [0.15, 0.2) is 16.8 Å². The normalized spacial score (nSPS) is 44.6.